The Balaban J connectivity index is 2.27. The summed E-state index contributed by atoms with van der Waals surface area (Å²) in [5.74, 6) is 0.935. The molecular formula is C9H12IN3O. The minimum atomic E-state index is -0.226. The van der Waals surface area contributed by atoms with Crippen molar-refractivity contribution in [2.45, 2.75) is 25.5 Å². The van der Waals surface area contributed by atoms with E-state index in [0.717, 1.165) is 15.8 Å². The van der Waals surface area contributed by atoms with Crippen molar-refractivity contribution in [1.82, 2.24) is 9.97 Å². The molecule has 2 rings (SSSR count). The fourth-order valence-corrected chi connectivity index (χ4v) is 2.43. The second kappa shape index (κ2) is 3.98. The van der Waals surface area contributed by atoms with Gasteiger partial charge in [-0.2, -0.15) is 0 Å². The molecule has 0 radical (unpaired) electrons. The maximum absolute atomic E-state index is 9.53. The molecule has 1 fully saturated rings. The average molecular weight is 305 g/mol. The smallest absolute Gasteiger partial charge is 0.145 e. The van der Waals surface area contributed by atoms with E-state index in [4.69, 9.17) is 0 Å². The molecule has 14 heavy (non-hydrogen) atoms. The second-order valence-corrected chi connectivity index (χ2v) is 4.75. The van der Waals surface area contributed by atoms with Crippen molar-refractivity contribution < 1.29 is 5.11 Å². The third kappa shape index (κ3) is 1.83. The molecule has 2 heterocycles. The van der Waals surface area contributed by atoms with Crippen molar-refractivity contribution in [3.05, 3.63) is 16.1 Å². The van der Waals surface area contributed by atoms with Gasteiger partial charge in [0, 0.05) is 18.8 Å². The molecule has 76 valence electrons. The van der Waals surface area contributed by atoms with Crippen LogP contribution < -0.4 is 4.90 Å². The number of β-amino-alcohol motifs (C(OH)–C–C–N with tert-alkyl or cyclic N) is 1. The number of anilines is 1. The molecule has 1 N–H and O–H groups in total. The molecule has 0 spiro atoms. The number of hydrogen-bond donors (Lipinski definition) is 1. The molecule has 2 unspecified atom stereocenters. The highest BCUT2D eigenvalue weighted by molar-refractivity contribution is 14.1. The first kappa shape index (κ1) is 10.1. The lowest BCUT2D eigenvalue weighted by Gasteiger charge is -2.22. The van der Waals surface area contributed by atoms with Crippen LogP contribution in [0.15, 0.2) is 12.5 Å². The lowest BCUT2D eigenvalue weighted by Crippen LogP contribution is -2.29. The minimum absolute atomic E-state index is 0.226. The molecule has 4 nitrogen and oxygen atoms in total. The third-order valence-electron chi connectivity index (χ3n) is 2.47. The zero-order chi connectivity index (χ0) is 10.1. The maximum Gasteiger partial charge on any atom is 0.145 e. The molecule has 0 saturated carbocycles. The lowest BCUT2D eigenvalue weighted by molar-refractivity contribution is 0.195. The summed E-state index contributed by atoms with van der Waals surface area (Å²) in [7, 11) is 0. The van der Waals surface area contributed by atoms with E-state index in [1.807, 2.05) is 0 Å². The van der Waals surface area contributed by atoms with Gasteiger partial charge < -0.3 is 10.0 Å². The van der Waals surface area contributed by atoms with Crippen LogP contribution in [0.2, 0.25) is 0 Å². The fraction of sp³-hybridized carbons (Fsp3) is 0.556. The first-order chi connectivity index (χ1) is 6.68. The quantitative estimate of drug-likeness (QED) is 0.788. The lowest BCUT2D eigenvalue weighted by atomic mass is 10.2. The van der Waals surface area contributed by atoms with Crippen molar-refractivity contribution in [3.8, 4) is 0 Å². The second-order valence-electron chi connectivity index (χ2n) is 3.59. The van der Waals surface area contributed by atoms with Crippen LogP contribution in [-0.2, 0) is 0 Å². The normalized spacial score (nSPS) is 26.9. The van der Waals surface area contributed by atoms with Crippen LogP contribution in [0.25, 0.3) is 0 Å². The van der Waals surface area contributed by atoms with E-state index in [-0.39, 0.29) is 6.10 Å². The molecule has 1 aliphatic rings. The summed E-state index contributed by atoms with van der Waals surface area (Å²) in [5, 5.41) is 9.53. The average Bonchev–Trinajstić information content (AvgIpc) is 2.46. The van der Waals surface area contributed by atoms with Gasteiger partial charge in [-0.05, 0) is 35.9 Å². The Labute approximate surface area is 96.5 Å². The maximum atomic E-state index is 9.53. The number of aliphatic hydroxyl groups is 1. The van der Waals surface area contributed by atoms with Gasteiger partial charge in [-0.1, -0.05) is 0 Å². The van der Waals surface area contributed by atoms with E-state index in [0.29, 0.717) is 12.6 Å². The number of hydrogen-bond acceptors (Lipinski definition) is 4. The van der Waals surface area contributed by atoms with E-state index < -0.39 is 0 Å². The monoisotopic (exact) mass is 305 g/mol. The molecule has 1 aromatic rings. The first-order valence-corrected chi connectivity index (χ1v) is 5.66. The number of aromatic nitrogens is 2. The van der Waals surface area contributed by atoms with Gasteiger partial charge in [0.2, 0.25) is 0 Å². The van der Waals surface area contributed by atoms with Gasteiger partial charge in [0.25, 0.3) is 0 Å². The van der Waals surface area contributed by atoms with Crippen LogP contribution >= 0.6 is 22.6 Å². The SMILES string of the molecule is CC1CC(O)CN1c1ncncc1I. The van der Waals surface area contributed by atoms with Crippen molar-refractivity contribution in [2.24, 2.45) is 0 Å². The van der Waals surface area contributed by atoms with Gasteiger partial charge in [-0.25, -0.2) is 9.97 Å². The topological polar surface area (TPSA) is 49.2 Å². The van der Waals surface area contributed by atoms with E-state index in [2.05, 4.69) is 44.4 Å². The molecular weight excluding hydrogens is 293 g/mol. The molecule has 5 heteroatoms. The predicted octanol–water partition coefficient (Wildman–Crippen LogP) is 1.04. The summed E-state index contributed by atoms with van der Waals surface area (Å²) in [6, 6.07) is 0.355. The molecule has 1 saturated heterocycles. The zero-order valence-electron chi connectivity index (χ0n) is 7.89. The summed E-state index contributed by atoms with van der Waals surface area (Å²) >= 11 is 2.22. The Hall–Kier alpha value is -0.430. The van der Waals surface area contributed by atoms with Gasteiger partial charge >= 0.3 is 0 Å². The number of halogens is 1. The molecule has 0 aromatic carbocycles. The van der Waals surface area contributed by atoms with E-state index in [1.54, 1.807) is 12.5 Å². The summed E-state index contributed by atoms with van der Waals surface area (Å²) in [6.45, 7) is 2.78. The minimum Gasteiger partial charge on any atom is -0.391 e. The van der Waals surface area contributed by atoms with Crippen LogP contribution in [-0.4, -0.2) is 33.8 Å². The van der Waals surface area contributed by atoms with Crippen molar-refractivity contribution >= 4 is 28.4 Å². The van der Waals surface area contributed by atoms with Crippen molar-refractivity contribution in [1.29, 1.82) is 0 Å². The Morgan fingerprint density at radius 1 is 1.64 bits per heavy atom. The first-order valence-electron chi connectivity index (χ1n) is 4.58. The summed E-state index contributed by atoms with van der Waals surface area (Å²) in [6.07, 6.45) is 3.94. The van der Waals surface area contributed by atoms with Crippen molar-refractivity contribution in [2.75, 3.05) is 11.4 Å². The Kier molecular flexibility index (Phi) is 2.87. The Morgan fingerprint density at radius 3 is 3.00 bits per heavy atom. The van der Waals surface area contributed by atoms with Gasteiger partial charge in [-0.15, -0.1) is 0 Å². The molecule has 1 aromatic heterocycles. The highest BCUT2D eigenvalue weighted by atomic mass is 127. The molecule has 0 aliphatic carbocycles. The molecule has 2 atom stereocenters. The van der Waals surface area contributed by atoms with Crippen LogP contribution in [0.4, 0.5) is 5.82 Å². The number of nitrogens with zero attached hydrogens (tertiary/aromatic N) is 3. The zero-order valence-corrected chi connectivity index (χ0v) is 10.0. The van der Waals surface area contributed by atoms with Gasteiger partial charge in [0.05, 0.1) is 9.67 Å². The van der Waals surface area contributed by atoms with Gasteiger partial charge in [0.1, 0.15) is 12.1 Å². The molecule has 1 aliphatic heterocycles. The van der Waals surface area contributed by atoms with Crippen LogP contribution in [0.1, 0.15) is 13.3 Å². The van der Waals surface area contributed by atoms with Crippen LogP contribution in [0.5, 0.6) is 0 Å². The summed E-state index contributed by atoms with van der Waals surface area (Å²) in [4.78, 5) is 10.3. The summed E-state index contributed by atoms with van der Waals surface area (Å²) < 4.78 is 1.03. The molecule has 0 amide bonds. The van der Waals surface area contributed by atoms with Crippen LogP contribution in [0.3, 0.4) is 0 Å². The largest absolute Gasteiger partial charge is 0.391 e. The van der Waals surface area contributed by atoms with Gasteiger partial charge in [0.15, 0.2) is 0 Å². The highest BCUT2D eigenvalue weighted by Gasteiger charge is 2.29. The predicted molar refractivity (Wildman–Crippen MR) is 62.2 cm³/mol. The van der Waals surface area contributed by atoms with E-state index in [1.165, 1.54) is 0 Å². The number of rotatable bonds is 1. The van der Waals surface area contributed by atoms with E-state index >= 15 is 0 Å². The van der Waals surface area contributed by atoms with Crippen molar-refractivity contribution in [3.63, 3.8) is 0 Å². The van der Waals surface area contributed by atoms with Crippen LogP contribution in [0, 0.1) is 3.57 Å². The van der Waals surface area contributed by atoms with E-state index in [9.17, 15) is 5.11 Å². The molecule has 0 bridgehead atoms. The Bertz CT molecular complexity index is 334. The highest BCUT2D eigenvalue weighted by Crippen LogP contribution is 2.26. The number of aliphatic hydroxyl groups excluding tert-OH is 1. The standard InChI is InChI=1S/C9H12IN3O/c1-6-2-7(14)4-13(6)9-8(10)3-11-5-12-9/h3,5-7,14H,2,4H2,1H3. The summed E-state index contributed by atoms with van der Waals surface area (Å²) in [5.41, 5.74) is 0. The van der Waals surface area contributed by atoms with Gasteiger partial charge in [-0.3, -0.25) is 0 Å². The fourth-order valence-electron chi connectivity index (χ4n) is 1.82. The Morgan fingerprint density at radius 2 is 2.43 bits per heavy atom. The third-order valence-corrected chi connectivity index (χ3v) is 3.23.